The summed E-state index contributed by atoms with van der Waals surface area (Å²) in [4.78, 5) is 4.33. The zero-order valence-electron chi connectivity index (χ0n) is 10.7. The standard InChI is InChI=1S/C16H14N2O/c1-2-19-15-9-7-13(8-10-15)12-18-16-6-4-3-5-14(16)11-17/h3-10,12H,2H2,1H3. The molecule has 3 nitrogen and oxygen atoms in total. The van der Waals surface area contributed by atoms with Gasteiger partial charge in [-0.15, -0.1) is 0 Å². The van der Waals surface area contributed by atoms with Crippen molar-refractivity contribution in [1.29, 1.82) is 5.26 Å². The molecule has 0 amide bonds. The van der Waals surface area contributed by atoms with Gasteiger partial charge in [-0.2, -0.15) is 5.26 Å². The Hall–Kier alpha value is -2.60. The van der Waals surface area contributed by atoms with E-state index in [0.717, 1.165) is 11.3 Å². The Bertz CT molecular complexity index is 609. The van der Waals surface area contributed by atoms with Crippen LogP contribution in [0.25, 0.3) is 0 Å². The van der Waals surface area contributed by atoms with Crippen LogP contribution in [0.4, 0.5) is 5.69 Å². The van der Waals surface area contributed by atoms with Crippen LogP contribution in [0.5, 0.6) is 5.75 Å². The number of ether oxygens (including phenoxy) is 1. The molecule has 0 aliphatic rings. The average molecular weight is 250 g/mol. The van der Waals surface area contributed by atoms with Crippen LogP contribution >= 0.6 is 0 Å². The minimum absolute atomic E-state index is 0.574. The Morgan fingerprint density at radius 3 is 2.58 bits per heavy atom. The first-order valence-electron chi connectivity index (χ1n) is 6.09. The van der Waals surface area contributed by atoms with E-state index >= 15 is 0 Å². The molecular formula is C16H14N2O. The Morgan fingerprint density at radius 2 is 1.89 bits per heavy atom. The number of hydrogen-bond acceptors (Lipinski definition) is 3. The maximum Gasteiger partial charge on any atom is 0.119 e. The van der Waals surface area contributed by atoms with Crippen LogP contribution in [0.3, 0.4) is 0 Å². The van der Waals surface area contributed by atoms with Gasteiger partial charge in [-0.1, -0.05) is 12.1 Å². The monoisotopic (exact) mass is 250 g/mol. The molecule has 0 saturated heterocycles. The molecule has 0 unspecified atom stereocenters. The van der Waals surface area contributed by atoms with Crippen LogP contribution in [0, 0.1) is 11.3 Å². The van der Waals surface area contributed by atoms with Gasteiger partial charge in [-0.25, -0.2) is 0 Å². The molecule has 0 fully saturated rings. The molecule has 3 heteroatoms. The zero-order valence-corrected chi connectivity index (χ0v) is 10.7. The van der Waals surface area contributed by atoms with E-state index in [4.69, 9.17) is 10.00 Å². The predicted octanol–water partition coefficient (Wildman–Crippen LogP) is 3.71. The minimum atomic E-state index is 0.574. The third-order valence-electron chi connectivity index (χ3n) is 2.57. The van der Waals surface area contributed by atoms with Crippen molar-refractivity contribution in [3.8, 4) is 11.8 Å². The SMILES string of the molecule is CCOc1ccc(C=Nc2ccccc2C#N)cc1. The van der Waals surface area contributed by atoms with Crippen molar-refractivity contribution in [2.45, 2.75) is 6.92 Å². The smallest absolute Gasteiger partial charge is 0.119 e. The van der Waals surface area contributed by atoms with E-state index in [1.54, 1.807) is 12.3 Å². The molecule has 0 aliphatic heterocycles. The van der Waals surface area contributed by atoms with E-state index in [-0.39, 0.29) is 0 Å². The third kappa shape index (κ3) is 3.43. The minimum Gasteiger partial charge on any atom is -0.494 e. The van der Waals surface area contributed by atoms with Crippen LogP contribution in [0.15, 0.2) is 53.5 Å². The second kappa shape index (κ2) is 6.36. The van der Waals surface area contributed by atoms with Gasteiger partial charge in [0.1, 0.15) is 11.8 Å². The van der Waals surface area contributed by atoms with E-state index in [0.29, 0.717) is 17.9 Å². The highest BCUT2D eigenvalue weighted by atomic mass is 16.5. The van der Waals surface area contributed by atoms with Crippen molar-refractivity contribution < 1.29 is 4.74 Å². The number of benzene rings is 2. The quantitative estimate of drug-likeness (QED) is 0.776. The van der Waals surface area contributed by atoms with Gasteiger partial charge >= 0.3 is 0 Å². The van der Waals surface area contributed by atoms with E-state index in [1.807, 2.05) is 49.4 Å². The van der Waals surface area contributed by atoms with Crippen molar-refractivity contribution in [2.75, 3.05) is 6.61 Å². The molecule has 94 valence electrons. The van der Waals surface area contributed by atoms with Crippen LogP contribution in [-0.4, -0.2) is 12.8 Å². The normalized spacial score (nSPS) is 10.3. The lowest BCUT2D eigenvalue weighted by Crippen LogP contribution is -1.91. The average Bonchev–Trinajstić information content (AvgIpc) is 2.47. The van der Waals surface area contributed by atoms with Gasteiger partial charge in [-0.3, -0.25) is 4.99 Å². The maximum atomic E-state index is 8.97. The van der Waals surface area contributed by atoms with Crippen LogP contribution in [-0.2, 0) is 0 Å². The predicted molar refractivity (Wildman–Crippen MR) is 76.0 cm³/mol. The van der Waals surface area contributed by atoms with E-state index < -0.39 is 0 Å². The molecule has 0 heterocycles. The van der Waals surface area contributed by atoms with E-state index in [2.05, 4.69) is 11.1 Å². The molecule has 0 N–H and O–H groups in total. The summed E-state index contributed by atoms with van der Waals surface area (Å²) in [6.45, 7) is 2.61. The Labute approximate surface area is 112 Å². The summed E-state index contributed by atoms with van der Waals surface area (Å²) in [5, 5.41) is 8.97. The number of rotatable bonds is 4. The molecule has 0 atom stereocenters. The molecule has 2 rings (SSSR count). The summed E-state index contributed by atoms with van der Waals surface area (Å²) < 4.78 is 5.37. The van der Waals surface area contributed by atoms with Gasteiger partial charge in [-0.05, 0) is 48.9 Å². The van der Waals surface area contributed by atoms with Gasteiger partial charge in [0.2, 0.25) is 0 Å². The Balaban J connectivity index is 2.16. The fourth-order valence-corrected chi connectivity index (χ4v) is 1.64. The fraction of sp³-hybridized carbons (Fsp3) is 0.125. The molecule has 0 spiro atoms. The summed E-state index contributed by atoms with van der Waals surface area (Å²) in [5.74, 6) is 0.845. The lowest BCUT2D eigenvalue weighted by molar-refractivity contribution is 0.340. The molecule has 0 radical (unpaired) electrons. The molecule has 2 aromatic carbocycles. The Kier molecular flexibility index (Phi) is 4.30. The largest absolute Gasteiger partial charge is 0.494 e. The zero-order chi connectivity index (χ0) is 13.5. The maximum absolute atomic E-state index is 8.97. The summed E-state index contributed by atoms with van der Waals surface area (Å²) in [6, 6.07) is 17.1. The van der Waals surface area contributed by atoms with E-state index in [1.165, 1.54) is 0 Å². The molecular weight excluding hydrogens is 236 g/mol. The van der Waals surface area contributed by atoms with Gasteiger partial charge in [0, 0.05) is 6.21 Å². The van der Waals surface area contributed by atoms with Crippen LogP contribution < -0.4 is 4.74 Å². The Morgan fingerprint density at radius 1 is 1.16 bits per heavy atom. The van der Waals surface area contributed by atoms with Gasteiger partial charge < -0.3 is 4.74 Å². The molecule has 0 bridgehead atoms. The van der Waals surface area contributed by atoms with Crippen molar-refractivity contribution in [2.24, 2.45) is 4.99 Å². The summed E-state index contributed by atoms with van der Waals surface area (Å²) in [5.41, 5.74) is 2.22. The number of hydrogen-bond donors (Lipinski definition) is 0. The first-order chi connectivity index (χ1) is 9.33. The lowest BCUT2D eigenvalue weighted by atomic mass is 10.2. The molecule has 0 aromatic heterocycles. The lowest BCUT2D eigenvalue weighted by Gasteiger charge is -2.02. The van der Waals surface area contributed by atoms with Crippen molar-refractivity contribution in [3.63, 3.8) is 0 Å². The first kappa shape index (κ1) is 12.8. The first-order valence-corrected chi connectivity index (χ1v) is 6.09. The molecule has 0 saturated carbocycles. The highest BCUT2D eigenvalue weighted by Crippen LogP contribution is 2.17. The molecule has 2 aromatic rings. The van der Waals surface area contributed by atoms with Crippen LogP contribution in [0.2, 0.25) is 0 Å². The van der Waals surface area contributed by atoms with Crippen molar-refractivity contribution >= 4 is 11.9 Å². The molecule has 19 heavy (non-hydrogen) atoms. The third-order valence-corrected chi connectivity index (χ3v) is 2.57. The van der Waals surface area contributed by atoms with Gasteiger partial charge in [0.05, 0.1) is 17.9 Å². The number of para-hydroxylation sites is 1. The summed E-state index contributed by atoms with van der Waals surface area (Å²) >= 11 is 0. The number of nitriles is 1. The second-order valence-corrected chi connectivity index (χ2v) is 3.89. The highest BCUT2D eigenvalue weighted by molar-refractivity contribution is 5.82. The second-order valence-electron chi connectivity index (χ2n) is 3.89. The van der Waals surface area contributed by atoms with E-state index in [9.17, 15) is 0 Å². The fourth-order valence-electron chi connectivity index (χ4n) is 1.64. The topological polar surface area (TPSA) is 45.4 Å². The van der Waals surface area contributed by atoms with Crippen molar-refractivity contribution in [1.82, 2.24) is 0 Å². The van der Waals surface area contributed by atoms with Crippen molar-refractivity contribution in [3.05, 3.63) is 59.7 Å². The summed E-state index contributed by atoms with van der Waals surface area (Å²) in [6.07, 6.45) is 1.74. The number of nitrogens with zero attached hydrogens (tertiary/aromatic N) is 2. The molecule has 0 aliphatic carbocycles. The van der Waals surface area contributed by atoms with Crippen LogP contribution in [0.1, 0.15) is 18.1 Å². The summed E-state index contributed by atoms with van der Waals surface area (Å²) in [7, 11) is 0. The highest BCUT2D eigenvalue weighted by Gasteiger charge is 1.97. The number of aliphatic imine (C=N–C) groups is 1. The van der Waals surface area contributed by atoms with Gasteiger partial charge in [0.25, 0.3) is 0 Å². The van der Waals surface area contributed by atoms with Gasteiger partial charge in [0.15, 0.2) is 0 Å².